The second-order valence-corrected chi connectivity index (χ2v) is 10.1. The third kappa shape index (κ3) is 4.52. The number of nitrogens with one attached hydrogen (secondary N) is 3. The van der Waals surface area contributed by atoms with Gasteiger partial charge in [-0.3, -0.25) is 5.32 Å². The number of aryl methyl sites for hydroxylation is 1. The van der Waals surface area contributed by atoms with E-state index < -0.39 is 35.7 Å². The predicted molar refractivity (Wildman–Crippen MR) is 105 cm³/mol. The summed E-state index contributed by atoms with van der Waals surface area (Å²) in [7, 11) is -7.12. The number of fused-ring (bicyclic) bond motifs is 1. The third-order valence-corrected chi connectivity index (χ3v) is 7.30. The molecule has 0 saturated heterocycles. The SMILES string of the molecule is COc1cc(C)nc(NC(=O)NS(=O)(=O)c2cc(Cl)cc3c2S(=O)(=O)CCN3)n1. The van der Waals surface area contributed by atoms with E-state index in [0.29, 0.717) is 5.69 Å². The van der Waals surface area contributed by atoms with Crippen LogP contribution in [0.2, 0.25) is 5.02 Å². The van der Waals surface area contributed by atoms with Crippen LogP contribution in [0.15, 0.2) is 28.0 Å². The van der Waals surface area contributed by atoms with E-state index in [-0.39, 0.29) is 34.8 Å². The molecule has 156 valence electrons. The topological polar surface area (TPSA) is 156 Å². The highest BCUT2D eigenvalue weighted by Gasteiger charge is 2.33. The van der Waals surface area contributed by atoms with Crippen LogP contribution in [-0.2, 0) is 19.9 Å². The second-order valence-electron chi connectivity index (χ2n) is 5.96. The van der Waals surface area contributed by atoms with Crippen LogP contribution in [0.5, 0.6) is 5.88 Å². The van der Waals surface area contributed by atoms with Gasteiger partial charge in [0.15, 0.2) is 9.84 Å². The first-order valence-corrected chi connectivity index (χ1v) is 11.6. The molecule has 2 heterocycles. The lowest BCUT2D eigenvalue weighted by Crippen LogP contribution is -2.36. The maximum atomic E-state index is 12.7. The summed E-state index contributed by atoms with van der Waals surface area (Å²) in [6, 6.07) is 2.59. The van der Waals surface area contributed by atoms with Crippen LogP contribution >= 0.6 is 11.6 Å². The van der Waals surface area contributed by atoms with Gasteiger partial charge in [0.2, 0.25) is 11.8 Å². The van der Waals surface area contributed by atoms with Crippen molar-refractivity contribution in [2.45, 2.75) is 16.7 Å². The number of benzene rings is 1. The number of sulfone groups is 1. The zero-order chi connectivity index (χ0) is 21.4. The minimum Gasteiger partial charge on any atom is -0.481 e. The van der Waals surface area contributed by atoms with Crippen molar-refractivity contribution in [1.29, 1.82) is 0 Å². The first-order chi connectivity index (χ1) is 13.5. The summed E-state index contributed by atoms with van der Waals surface area (Å²) in [6.07, 6.45) is 0. The fraction of sp³-hybridized carbons (Fsp3) is 0.267. The fourth-order valence-corrected chi connectivity index (χ4v) is 6.09. The number of sulfonamides is 1. The number of amides is 2. The summed E-state index contributed by atoms with van der Waals surface area (Å²) < 4.78 is 57.0. The number of anilines is 2. The van der Waals surface area contributed by atoms with E-state index in [4.69, 9.17) is 16.3 Å². The molecule has 0 radical (unpaired) electrons. The van der Waals surface area contributed by atoms with Crippen molar-refractivity contribution in [3.8, 4) is 5.88 Å². The van der Waals surface area contributed by atoms with E-state index in [2.05, 4.69) is 20.6 Å². The van der Waals surface area contributed by atoms with Gasteiger partial charge >= 0.3 is 6.03 Å². The molecule has 3 rings (SSSR count). The number of hydrogen-bond acceptors (Lipinski definition) is 9. The molecule has 0 atom stereocenters. The second kappa shape index (κ2) is 7.65. The Morgan fingerprint density at radius 2 is 2.00 bits per heavy atom. The summed E-state index contributed by atoms with van der Waals surface area (Å²) in [5.41, 5.74) is 0.521. The zero-order valence-corrected chi connectivity index (χ0v) is 17.6. The van der Waals surface area contributed by atoms with Gasteiger partial charge in [0.05, 0.1) is 18.6 Å². The van der Waals surface area contributed by atoms with Crippen molar-refractivity contribution in [2.75, 3.05) is 30.0 Å². The number of methoxy groups -OCH3 is 1. The summed E-state index contributed by atoms with van der Waals surface area (Å²) in [5.74, 6) is -0.332. The van der Waals surface area contributed by atoms with Crippen molar-refractivity contribution >= 4 is 49.1 Å². The molecule has 14 heteroatoms. The van der Waals surface area contributed by atoms with E-state index in [1.165, 1.54) is 19.2 Å². The van der Waals surface area contributed by atoms with Crippen LogP contribution < -0.4 is 20.1 Å². The number of urea groups is 1. The molecule has 0 aliphatic carbocycles. The summed E-state index contributed by atoms with van der Waals surface area (Å²) in [5, 5.41) is 4.95. The van der Waals surface area contributed by atoms with Gasteiger partial charge in [-0.1, -0.05) is 11.6 Å². The number of carbonyl (C=O) groups excluding carboxylic acids is 1. The Bertz CT molecular complexity index is 1200. The van der Waals surface area contributed by atoms with E-state index in [0.717, 1.165) is 6.07 Å². The molecule has 1 aromatic carbocycles. The van der Waals surface area contributed by atoms with Crippen LogP contribution in [0.3, 0.4) is 0 Å². The molecule has 1 aromatic heterocycles. The minimum absolute atomic E-state index is 0.0131. The molecule has 11 nitrogen and oxygen atoms in total. The number of hydrogen-bond donors (Lipinski definition) is 3. The van der Waals surface area contributed by atoms with Crippen LogP contribution in [0, 0.1) is 6.92 Å². The molecule has 0 spiro atoms. The highest BCUT2D eigenvalue weighted by Crippen LogP contribution is 2.35. The number of carbonyl (C=O) groups is 1. The Hall–Kier alpha value is -2.64. The van der Waals surface area contributed by atoms with Crippen LogP contribution in [0.25, 0.3) is 0 Å². The Morgan fingerprint density at radius 3 is 2.69 bits per heavy atom. The first-order valence-electron chi connectivity index (χ1n) is 8.05. The Kier molecular flexibility index (Phi) is 5.56. The van der Waals surface area contributed by atoms with Gasteiger partial charge in [0, 0.05) is 23.3 Å². The zero-order valence-electron chi connectivity index (χ0n) is 15.2. The summed E-state index contributed by atoms with van der Waals surface area (Å²) >= 11 is 5.94. The fourth-order valence-electron chi connectivity index (χ4n) is 2.65. The maximum absolute atomic E-state index is 12.7. The van der Waals surface area contributed by atoms with E-state index in [9.17, 15) is 21.6 Å². The maximum Gasteiger partial charge on any atom is 0.335 e. The largest absolute Gasteiger partial charge is 0.481 e. The molecule has 1 aliphatic rings. The van der Waals surface area contributed by atoms with Gasteiger partial charge in [-0.15, -0.1) is 0 Å². The van der Waals surface area contributed by atoms with E-state index >= 15 is 0 Å². The molecule has 0 unspecified atom stereocenters. The molecular weight excluding hydrogens is 446 g/mol. The third-order valence-electron chi connectivity index (χ3n) is 3.80. The quantitative estimate of drug-likeness (QED) is 0.607. The van der Waals surface area contributed by atoms with Gasteiger partial charge in [-0.25, -0.2) is 31.3 Å². The summed E-state index contributed by atoms with van der Waals surface area (Å²) in [6.45, 7) is 1.73. The molecular formula is C15H16ClN5O6S2. The van der Waals surface area contributed by atoms with E-state index in [1.54, 1.807) is 11.6 Å². The van der Waals surface area contributed by atoms with Gasteiger partial charge < -0.3 is 10.1 Å². The van der Waals surface area contributed by atoms with E-state index in [1.807, 2.05) is 0 Å². The van der Waals surface area contributed by atoms with Crippen LogP contribution in [-0.4, -0.2) is 52.2 Å². The Balaban J connectivity index is 1.94. The molecule has 0 saturated carbocycles. The van der Waals surface area contributed by atoms with Crippen molar-refractivity contribution in [3.05, 3.63) is 28.9 Å². The highest BCUT2D eigenvalue weighted by molar-refractivity contribution is 7.94. The van der Waals surface area contributed by atoms with Crippen molar-refractivity contribution in [1.82, 2.24) is 14.7 Å². The van der Waals surface area contributed by atoms with Crippen molar-refractivity contribution in [2.24, 2.45) is 0 Å². The average molecular weight is 462 g/mol. The van der Waals surface area contributed by atoms with Gasteiger partial charge in [0.1, 0.15) is 9.79 Å². The average Bonchev–Trinajstić information content (AvgIpc) is 2.59. The normalized spacial score (nSPS) is 15.0. The molecule has 29 heavy (non-hydrogen) atoms. The standard InChI is InChI=1S/C15H16ClN5O6S2/c1-8-5-12(27-2)19-14(18-8)20-15(22)21-29(25,26)11-7-9(16)6-10-13(11)28(23,24)4-3-17-10/h5-7,17H,3-4H2,1-2H3,(H2,18,19,20,21,22). The molecule has 1 aliphatic heterocycles. The lowest BCUT2D eigenvalue weighted by molar-refractivity contribution is 0.256. The van der Waals surface area contributed by atoms with Crippen molar-refractivity contribution < 1.29 is 26.4 Å². The smallest absolute Gasteiger partial charge is 0.335 e. The lowest BCUT2D eigenvalue weighted by atomic mass is 10.3. The number of ether oxygens (including phenoxy) is 1. The minimum atomic E-state index is -4.59. The number of rotatable bonds is 4. The van der Waals surface area contributed by atoms with Crippen molar-refractivity contribution in [3.63, 3.8) is 0 Å². The Morgan fingerprint density at radius 1 is 1.28 bits per heavy atom. The molecule has 3 N–H and O–H groups in total. The van der Waals surface area contributed by atoms with Crippen LogP contribution in [0.1, 0.15) is 5.69 Å². The molecule has 2 amide bonds. The number of halogens is 1. The molecule has 2 aromatic rings. The number of aromatic nitrogens is 2. The van der Waals surface area contributed by atoms with Gasteiger partial charge in [-0.05, 0) is 19.1 Å². The Labute approximate surface area is 171 Å². The van der Waals surface area contributed by atoms with Gasteiger partial charge in [-0.2, -0.15) is 4.98 Å². The lowest BCUT2D eigenvalue weighted by Gasteiger charge is -2.21. The van der Waals surface area contributed by atoms with Crippen LogP contribution in [0.4, 0.5) is 16.4 Å². The number of nitrogens with zero attached hydrogens (tertiary/aromatic N) is 2. The summed E-state index contributed by atoms with van der Waals surface area (Å²) in [4.78, 5) is 19.0. The molecule has 0 bridgehead atoms. The monoisotopic (exact) mass is 461 g/mol. The molecule has 0 fully saturated rings. The highest BCUT2D eigenvalue weighted by atomic mass is 35.5. The van der Waals surface area contributed by atoms with Gasteiger partial charge in [0.25, 0.3) is 10.0 Å². The first kappa shape index (κ1) is 21.1. The predicted octanol–water partition coefficient (Wildman–Crippen LogP) is 1.16.